The van der Waals surface area contributed by atoms with Crippen molar-refractivity contribution in [3.05, 3.63) is 47.0 Å². The fourth-order valence-corrected chi connectivity index (χ4v) is 3.61. The Morgan fingerprint density at radius 1 is 1.14 bits per heavy atom. The number of hydrogen-bond donors (Lipinski definition) is 2. The molecule has 6 nitrogen and oxygen atoms in total. The van der Waals surface area contributed by atoms with E-state index in [1.54, 1.807) is 16.5 Å². The van der Waals surface area contributed by atoms with E-state index >= 15 is 0 Å². The van der Waals surface area contributed by atoms with Gasteiger partial charge >= 0.3 is 0 Å². The average molecular weight is 418 g/mol. The Labute approximate surface area is 177 Å². The molecule has 0 spiro atoms. The van der Waals surface area contributed by atoms with Crippen LogP contribution >= 0.6 is 11.3 Å². The van der Waals surface area contributed by atoms with Crippen LogP contribution in [0.1, 0.15) is 48.5 Å². The van der Waals surface area contributed by atoms with Gasteiger partial charge in [-0.05, 0) is 30.5 Å². The van der Waals surface area contributed by atoms with Gasteiger partial charge in [-0.1, -0.05) is 31.9 Å². The van der Waals surface area contributed by atoms with Gasteiger partial charge in [-0.3, -0.25) is 9.59 Å². The Bertz CT molecular complexity index is 745. The molecule has 1 heterocycles. The predicted molar refractivity (Wildman–Crippen MR) is 119 cm³/mol. The molecule has 0 saturated carbocycles. The normalized spacial score (nSPS) is 10.9. The van der Waals surface area contributed by atoms with E-state index in [1.807, 2.05) is 24.3 Å². The van der Waals surface area contributed by atoms with Crippen LogP contribution in [-0.4, -0.2) is 55.4 Å². The third kappa shape index (κ3) is 8.33. The van der Waals surface area contributed by atoms with Gasteiger partial charge in [-0.15, -0.1) is 11.3 Å². The number of thiazole rings is 1. The average Bonchev–Trinajstić information content (AvgIpc) is 3.20. The van der Waals surface area contributed by atoms with Crippen LogP contribution in [-0.2, 0) is 11.2 Å². The lowest BCUT2D eigenvalue weighted by Crippen LogP contribution is -3.05. The number of quaternary nitrogens is 1. The number of aromatic nitrogens is 1. The van der Waals surface area contributed by atoms with Gasteiger partial charge in [-0.2, -0.15) is 0 Å². The number of rotatable bonds is 12. The van der Waals surface area contributed by atoms with Crippen LogP contribution in [0.5, 0.6) is 0 Å². The Morgan fingerprint density at radius 2 is 1.90 bits per heavy atom. The lowest BCUT2D eigenvalue weighted by atomic mass is 10.0. The Balaban J connectivity index is 2.01. The van der Waals surface area contributed by atoms with E-state index < -0.39 is 0 Å². The van der Waals surface area contributed by atoms with Crippen molar-refractivity contribution >= 4 is 28.3 Å². The summed E-state index contributed by atoms with van der Waals surface area (Å²) in [6, 6.07) is 7.82. The number of unbranched alkanes of at least 4 members (excludes halogenated alkanes) is 2. The third-order valence-electron chi connectivity index (χ3n) is 4.68. The summed E-state index contributed by atoms with van der Waals surface area (Å²) in [5, 5.41) is 5.12. The van der Waals surface area contributed by atoms with Crippen molar-refractivity contribution in [2.75, 3.05) is 39.0 Å². The second-order valence-electron chi connectivity index (χ2n) is 7.58. The summed E-state index contributed by atoms with van der Waals surface area (Å²) in [5.74, 6) is -0.324. The number of anilines is 1. The van der Waals surface area contributed by atoms with Crippen LogP contribution in [0.3, 0.4) is 0 Å². The van der Waals surface area contributed by atoms with Gasteiger partial charge in [0, 0.05) is 30.1 Å². The van der Waals surface area contributed by atoms with Crippen LogP contribution in [0.15, 0.2) is 35.8 Å². The van der Waals surface area contributed by atoms with E-state index in [0.29, 0.717) is 17.2 Å². The van der Waals surface area contributed by atoms with Crippen molar-refractivity contribution in [3.63, 3.8) is 0 Å². The molecule has 29 heavy (non-hydrogen) atoms. The van der Waals surface area contributed by atoms with E-state index in [2.05, 4.69) is 31.3 Å². The zero-order valence-corrected chi connectivity index (χ0v) is 18.6. The Morgan fingerprint density at radius 3 is 2.52 bits per heavy atom. The first kappa shape index (κ1) is 23.0. The maximum atomic E-state index is 13.1. The molecular weight excluding hydrogens is 384 g/mol. The number of benzene rings is 1. The summed E-state index contributed by atoms with van der Waals surface area (Å²) < 4.78 is 0. The third-order valence-corrected chi connectivity index (χ3v) is 5.36. The van der Waals surface area contributed by atoms with Gasteiger partial charge in [0.1, 0.15) is 6.54 Å². The van der Waals surface area contributed by atoms with Gasteiger partial charge in [0.15, 0.2) is 5.13 Å². The molecule has 0 aliphatic rings. The molecule has 0 saturated heterocycles. The van der Waals surface area contributed by atoms with E-state index in [9.17, 15) is 9.59 Å². The number of amides is 2. The van der Waals surface area contributed by atoms with E-state index in [-0.39, 0.29) is 18.4 Å². The topological polar surface area (TPSA) is 66.7 Å². The smallest absolute Gasteiger partial charge is 0.254 e. The van der Waals surface area contributed by atoms with Crippen LogP contribution in [0.4, 0.5) is 5.13 Å². The lowest BCUT2D eigenvalue weighted by Gasteiger charge is -2.22. The highest BCUT2D eigenvalue weighted by Gasteiger charge is 2.19. The SMILES string of the molecule is CCCCCc1ccc(C(=O)N(CCC[NH+](C)C)CC(=O)Nc2nccs2)cc1. The number of aryl methyl sites for hydroxylation is 1. The van der Waals surface area contributed by atoms with E-state index in [4.69, 9.17) is 0 Å². The molecule has 0 atom stereocenters. The summed E-state index contributed by atoms with van der Waals surface area (Å²) in [7, 11) is 4.16. The highest BCUT2D eigenvalue weighted by Crippen LogP contribution is 2.13. The van der Waals surface area contributed by atoms with Crippen LogP contribution in [0.2, 0.25) is 0 Å². The molecule has 2 aromatic rings. The molecule has 0 fully saturated rings. The first-order chi connectivity index (χ1) is 14.0. The van der Waals surface area contributed by atoms with Gasteiger partial charge in [0.25, 0.3) is 5.91 Å². The molecular formula is C22H33N4O2S+. The molecule has 1 aromatic heterocycles. The molecule has 0 unspecified atom stereocenters. The molecule has 7 heteroatoms. The number of hydrogen-bond acceptors (Lipinski definition) is 4. The maximum absolute atomic E-state index is 13.1. The summed E-state index contributed by atoms with van der Waals surface area (Å²) in [5.41, 5.74) is 1.88. The maximum Gasteiger partial charge on any atom is 0.254 e. The number of carbonyl (C=O) groups is 2. The molecule has 2 amide bonds. The number of nitrogens with zero attached hydrogens (tertiary/aromatic N) is 2. The van der Waals surface area contributed by atoms with Crippen molar-refractivity contribution in [1.82, 2.24) is 9.88 Å². The summed E-state index contributed by atoms with van der Waals surface area (Å²) in [6.07, 6.45) is 7.10. The number of nitrogens with one attached hydrogen (secondary N) is 2. The van der Waals surface area contributed by atoms with E-state index in [0.717, 1.165) is 19.4 Å². The molecule has 0 radical (unpaired) electrons. The molecule has 0 aliphatic heterocycles. The van der Waals surface area contributed by atoms with Gasteiger partial charge in [0.2, 0.25) is 5.91 Å². The van der Waals surface area contributed by atoms with Crippen LogP contribution in [0, 0.1) is 0 Å². The molecule has 0 aliphatic carbocycles. The standard InChI is InChI=1S/C22H32N4O2S/c1-4-5-6-8-18-9-11-19(12-10-18)21(28)26(15-7-14-25(2)3)17-20(27)24-22-23-13-16-29-22/h9-13,16H,4-8,14-15,17H2,1-3H3,(H,23,24,27)/p+1. The van der Waals surface area contributed by atoms with Crippen molar-refractivity contribution in [1.29, 1.82) is 0 Å². The highest BCUT2D eigenvalue weighted by molar-refractivity contribution is 7.13. The molecule has 2 N–H and O–H groups in total. The minimum atomic E-state index is -0.221. The lowest BCUT2D eigenvalue weighted by molar-refractivity contribution is -0.858. The van der Waals surface area contributed by atoms with Gasteiger partial charge in [0.05, 0.1) is 20.6 Å². The van der Waals surface area contributed by atoms with Crippen molar-refractivity contribution < 1.29 is 14.5 Å². The fourth-order valence-electron chi connectivity index (χ4n) is 3.07. The van der Waals surface area contributed by atoms with Crippen LogP contribution < -0.4 is 10.2 Å². The number of carbonyl (C=O) groups excluding carboxylic acids is 2. The predicted octanol–water partition coefficient (Wildman–Crippen LogP) is 2.49. The highest BCUT2D eigenvalue weighted by atomic mass is 32.1. The second kappa shape index (κ2) is 12.3. The molecule has 0 bridgehead atoms. The van der Waals surface area contributed by atoms with Gasteiger partial charge in [-0.25, -0.2) is 4.98 Å². The van der Waals surface area contributed by atoms with Crippen molar-refractivity contribution in [3.8, 4) is 0 Å². The van der Waals surface area contributed by atoms with E-state index in [1.165, 1.54) is 41.1 Å². The minimum absolute atomic E-state index is 0.0272. The van der Waals surface area contributed by atoms with Gasteiger partial charge < -0.3 is 15.1 Å². The quantitative estimate of drug-likeness (QED) is 0.522. The van der Waals surface area contributed by atoms with Crippen molar-refractivity contribution in [2.24, 2.45) is 0 Å². The largest absolute Gasteiger partial charge is 0.340 e. The summed E-state index contributed by atoms with van der Waals surface area (Å²) in [4.78, 5) is 32.5. The zero-order chi connectivity index (χ0) is 21.1. The Kier molecular flexibility index (Phi) is 9.80. The fraction of sp³-hybridized carbons (Fsp3) is 0.500. The summed E-state index contributed by atoms with van der Waals surface area (Å²) in [6.45, 7) is 3.71. The molecule has 158 valence electrons. The second-order valence-corrected chi connectivity index (χ2v) is 8.47. The minimum Gasteiger partial charge on any atom is -0.340 e. The zero-order valence-electron chi connectivity index (χ0n) is 17.7. The van der Waals surface area contributed by atoms with Crippen molar-refractivity contribution in [2.45, 2.75) is 39.0 Å². The Hall–Kier alpha value is -2.25. The first-order valence-electron chi connectivity index (χ1n) is 10.4. The monoisotopic (exact) mass is 417 g/mol. The van der Waals surface area contributed by atoms with Crippen LogP contribution in [0.25, 0.3) is 0 Å². The molecule has 1 aromatic carbocycles. The summed E-state index contributed by atoms with van der Waals surface area (Å²) >= 11 is 1.36. The molecule has 2 rings (SSSR count). The first-order valence-corrected chi connectivity index (χ1v) is 11.2.